The number of aromatic amines is 1. The van der Waals surface area contributed by atoms with Crippen molar-refractivity contribution < 1.29 is 4.74 Å². The number of nitrogens with zero attached hydrogens (tertiary/aromatic N) is 4. The van der Waals surface area contributed by atoms with Gasteiger partial charge in [-0.1, -0.05) is 6.92 Å². The van der Waals surface area contributed by atoms with Gasteiger partial charge in [-0.25, -0.2) is 4.98 Å². The number of hydrogen-bond acceptors (Lipinski definition) is 5. The zero-order valence-corrected chi connectivity index (χ0v) is 12.6. The predicted molar refractivity (Wildman–Crippen MR) is 82.3 cm³/mol. The average Bonchev–Trinajstić information content (AvgIpc) is 3.03. The molecule has 0 aliphatic heterocycles. The van der Waals surface area contributed by atoms with Crippen LogP contribution in [0.3, 0.4) is 0 Å². The number of rotatable bonds is 5. The average molecular weight is 295 g/mol. The van der Waals surface area contributed by atoms with Crippen molar-refractivity contribution in [3.63, 3.8) is 0 Å². The van der Waals surface area contributed by atoms with Crippen molar-refractivity contribution in [2.24, 2.45) is 0 Å². The van der Waals surface area contributed by atoms with Gasteiger partial charge in [0.15, 0.2) is 11.6 Å². The summed E-state index contributed by atoms with van der Waals surface area (Å²) in [5.41, 5.74) is 2.81. The molecule has 0 amide bonds. The summed E-state index contributed by atoms with van der Waals surface area (Å²) >= 11 is 0. The van der Waals surface area contributed by atoms with Crippen LogP contribution in [-0.4, -0.2) is 25.1 Å². The lowest BCUT2D eigenvalue weighted by molar-refractivity contribution is 0.292. The number of nitrogens with one attached hydrogen (secondary N) is 1. The smallest absolute Gasteiger partial charge is 0.182 e. The molecule has 3 heterocycles. The van der Waals surface area contributed by atoms with Crippen molar-refractivity contribution in [2.75, 3.05) is 0 Å². The van der Waals surface area contributed by atoms with Gasteiger partial charge in [-0.2, -0.15) is 5.10 Å². The maximum atomic E-state index is 5.81. The van der Waals surface area contributed by atoms with E-state index in [9.17, 15) is 0 Å². The lowest BCUT2D eigenvalue weighted by Crippen LogP contribution is -2.02. The number of aryl methyl sites for hydroxylation is 2. The molecule has 1 N–H and O–H groups in total. The SMILES string of the molecule is CCc1nc(C)ccc1OCc1nc(-c2cccnc2)n[nH]1. The monoisotopic (exact) mass is 295 g/mol. The first-order valence-electron chi connectivity index (χ1n) is 7.17. The van der Waals surface area contributed by atoms with E-state index < -0.39 is 0 Å². The topological polar surface area (TPSA) is 76.6 Å². The summed E-state index contributed by atoms with van der Waals surface area (Å²) in [5.74, 6) is 2.07. The second kappa shape index (κ2) is 6.34. The zero-order valence-electron chi connectivity index (χ0n) is 12.6. The van der Waals surface area contributed by atoms with Gasteiger partial charge >= 0.3 is 0 Å². The highest BCUT2D eigenvalue weighted by molar-refractivity contribution is 5.52. The molecule has 0 radical (unpaired) electrons. The second-order valence-electron chi connectivity index (χ2n) is 4.89. The van der Waals surface area contributed by atoms with Crippen molar-refractivity contribution in [1.29, 1.82) is 0 Å². The van der Waals surface area contributed by atoms with E-state index in [-0.39, 0.29) is 0 Å². The van der Waals surface area contributed by atoms with E-state index >= 15 is 0 Å². The molecule has 22 heavy (non-hydrogen) atoms. The Hall–Kier alpha value is -2.76. The van der Waals surface area contributed by atoms with E-state index in [0.717, 1.165) is 29.1 Å². The molecule has 3 rings (SSSR count). The van der Waals surface area contributed by atoms with Crippen molar-refractivity contribution in [1.82, 2.24) is 25.1 Å². The van der Waals surface area contributed by atoms with E-state index in [1.54, 1.807) is 12.4 Å². The van der Waals surface area contributed by atoms with Crippen LogP contribution in [0.15, 0.2) is 36.7 Å². The molecule has 0 saturated heterocycles. The van der Waals surface area contributed by atoms with Crippen LogP contribution < -0.4 is 4.74 Å². The van der Waals surface area contributed by atoms with Crippen molar-refractivity contribution in [3.05, 3.63) is 53.9 Å². The molecule has 0 aliphatic rings. The Bertz CT molecular complexity index is 754. The third kappa shape index (κ3) is 3.11. The fourth-order valence-electron chi connectivity index (χ4n) is 2.11. The molecule has 0 bridgehead atoms. The van der Waals surface area contributed by atoms with E-state index in [4.69, 9.17) is 4.74 Å². The van der Waals surface area contributed by atoms with Gasteiger partial charge in [-0.05, 0) is 37.6 Å². The number of ether oxygens (including phenoxy) is 1. The molecule has 0 fully saturated rings. The van der Waals surface area contributed by atoms with Crippen LogP contribution in [0.2, 0.25) is 0 Å². The van der Waals surface area contributed by atoms with E-state index in [1.807, 2.05) is 31.2 Å². The zero-order chi connectivity index (χ0) is 15.4. The van der Waals surface area contributed by atoms with Crippen LogP contribution in [0.25, 0.3) is 11.4 Å². The molecule has 0 atom stereocenters. The molecule has 0 unspecified atom stereocenters. The number of aromatic nitrogens is 5. The lowest BCUT2D eigenvalue weighted by Gasteiger charge is -2.08. The summed E-state index contributed by atoms with van der Waals surface area (Å²) < 4.78 is 5.81. The normalized spacial score (nSPS) is 10.6. The molecule has 112 valence electrons. The van der Waals surface area contributed by atoms with Gasteiger partial charge < -0.3 is 4.74 Å². The standard InChI is InChI=1S/C16H17N5O/c1-3-13-14(7-6-11(2)18-13)22-10-15-19-16(21-20-15)12-5-4-8-17-9-12/h4-9H,3,10H2,1-2H3,(H,19,20,21). The first-order chi connectivity index (χ1) is 10.8. The Morgan fingerprint density at radius 3 is 2.86 bits per heavy atom. The van der Waals surface area contributed by atoms with Crippen molar-refractivity contribution in [3.8, 4) is 17.1 Å². The highest BCUT2D eigenvalue weighted by atomic mass is 16.5. The summed E-state index contributed by atoms with van der Waals surface area (Å²) in [6.45, 7) is 4.36. The maximum absolute atomic E-state index is 5.81. The maximum Gasteiger partial charge on any atom is 0.182 e. The Labute approximate surface area is 128 Å². The number of pyridine rings is 2. The summed E-state index contributed by atoms with van der Waals surface area (Å²) in [4.78, 5) is 13.0. The number of hydrogen-bond donors (Lipinski definition) is 1. The molecule has 3 aromatic rings. The minimum atomic E-state index is 0.324. The summed E-state index contributed by atoms with van der Waals surface area (Å²) in [6.07, 6.45) is 4.28. The Morgan fingerprint density at radius 1 is 1.18 bits per heavy atom. The minimum absolute atomic E-state index is 0.324. The predicted octanol–water partition coefficient (Wildman–Crippen LogP) is 2.71. The number of H-pyrrole nitrogens is 1. The molecule has 0 saturated carbocycles. The highest BCUT2D eigenvalue weighted by Crippen LogP contribution is 2.19. The van der Waals surface area contributed by atoms with Crippen molar-refractivity contribution in [2.45, 2.75) is 26.9 Å². The fourth-order valence-corrected chi connectivity index (χ4v) is 2.11. The fraction of sp³-hybridized carbons (Fsp3) is 0.250. The lowest BCUT2D eigenvalue weighted by atomic mass is 10.2. The first kappa shape index (κ1) is 14.2. The van der Waals surface area contributed by atoms with Crippen LogP contribution in [-0.2, 0) is 13.0 Å². The van der Waals surface area contributed by atoms with E-state index in [0.29, 0.717) is 18.3 Å². The quantitative estimate of drug-likeness (QED) is 0.783. The molecule has 0 aliphatic carbocycles. The van der Waals surface area contributed by atoms with Crippen LogP contribution in [0.5, 0.6) is 5.75 Å². The van der Waals surface area contributed by atoms with Crippen LogP contribution in [0.1, 0.15) is 24.1 Å². The van der Waals surface area contributed by atoms with Crippen LogP contribution in [0, 0.1) is 6.92 Å². The second-order valence-corrected chi connectivity index (χ2v) is 4.89. The summed E-state index contributed by atoms with van der Waals surface area (Å²) in [5, 5.41) is 7.07. The van der Waals surface area contributed by atoms with Gasteiger partial charge in [-0.15, -0.1) is 0 Å². The molecule has 6 heteroatoms. The van der Waals surface area contributed by atoms with E-state index in [1.165, 1.54) is 0 Å². The van der Waals surface area contributed by atoms with Gasteiger partial charge in [0, 0.05) is 23.7 Å². The molecule has 6 nitrogen and oxygen atoms in total. The van der Waals surface area contributed by atoms with Gasteiger partial charge in [0.1, 0.15) is 12.4 Å². The highest BCUT2D eigenvalue weighted by Gasteiger charge is 2.08. The summed E-state index contributed by atoms with van der Waals surface area (Å²) in [6, 6.07) is 7.66. The van der Waals surface area contributed by atoms with Gasteiger partial charge in [-0.3, -0.25) is 15.1 Å². The van der Waals surface area contributed by atoms with E-state index in [2.05, 4.69) is 32.1 Å². The third-order valence-corrected chi connectivity index (χ3v) is 3.22. The molecule has 0 spiro atoms. The molecular formula is C16H17N5O. The van der Waals surface area contributed by atoms with Crippen molar-refractivity contribution >= 4 is 0 Å². The van der Waals surface area contributed by atoms with Crippen LogP contribution in [0.4, 0.5) is 0 Å². The van der Waals surface area contributed by atoms with Gasteiger partial charge in [0.25, 0.3) is 0 Å². The van der Waals surface area contributed by atoms with Crippen LogP contribution >= 0.6 is 0 Å². The molecule has 0 aromatic carbocycles. The Balaban J connectivity index is 1.71. The molecule has 3 aromatic heterocycles. The largest absolute Gasteiger partial charge is 0.484 e. The third-order valence-electron chi connectivity index (χ3n) is 3.22. The first-order valence-corrected chi connectivity index (χ1v) is 7.17. The Kier molecular flexibility index (Phi) is 4.09. The Morgan fingerprint density at radius 2 is 2.09 bits per heavy atom. The summed E-state index contributed by atoms with van der Waals surface area (Å²) in [7, 11) is 0. The van der Waals surface area contributed by atoms with Gasteiger partial charge in [0.05, 0.1) is 5.69 Å². The molecular weight excluding hydrogens is 278 g/mol. The van der Waals surface area contributed by atoms with Gasteiger partial charge in [0.2, 0.25) is 0 Å². The minimum Gasteiger partial charge on any atom is -0.484 e.